The number of rotatable bonds is 4. The van der Waals surface area contributed by atoms with Crippen LogP contribution in [0.4, 0.5) is 10.2 Å². The van der Waals surface area contributed by atoms with Crippen LogP contribution in [0.2, 0.25) is 0 Å². The Morgan fingerprint density at radius 2 is 1.92 bits per heavy atom. The van der Waals surface area contributed by atoms with Crippen molar-refractivity contribution in [1.82, 2.24) is 9.97 Å². The molecule has 0 aliphatic heterocycles. The van der Waals surface area contributed by atoms with Gasteiger partial charge >= 0.3 is 0 Å². The predicted octanol–water partition coefficient (Wildman–Crippen LogP) is 4.68. The van der Waals surface area contributed by atoms with Gasteiger partial charge in [0.2, 0.25) is 0 Å². The first-order chi connectivity index (χ1) is 12.6. The zero-order valence-electron chi connectivity index (χ0n) is 14.1. The summed E-state index contributed by atoms with van der Waals surface area (Å²) >= 11 is 1.56. The van der Waals surface area contributed by atoms with Gasteiger partial charge in [-0.3, -0.25) is 0 Å². The second-order valence-electron chi connectivity index (χ2n) is 5.86. The Morgan fingerprint density at radius 1 is 1.08 bits per heavy atom. The Bertz CT molecular complexity index is 1090. The van der Waals surface area contributed by atoms with Crippen LogP contribution in [0.5, 0.6) is 5.75 Å². The number of hydrogen-bond acceptors (Lipinski definition) is 5. The third-order valence-corrected chi connectivity index (χ3v) is 5.14. The number of methoxy groups -OCH3 is 1. The molecule has 2 aromatic carbocycles. The zero-order chi connectivity index (χ0) is 18.1. The van der Waals surface area contributed by atoms with Crippen LogP contribution in [0, 0.1) is 5.82 Å². The molecule has 0 aliphatic rings. The van der Waals surface area contributed by atoms with Gasteiger partial charge in [0.25, 0.3) is 0 Å². The van der Waals surface area contributed by atoms with E-state index in [-0.39, 0.29) is 5.82 Å². The molecule has 2 N–H and O–H groups in total. The highest BCUT2D eigenvalue weighted by atomic mass is 32.1. The number of para-hydroxylation sites is 1. The van der Waals surface area contributed by atoms with E-state index < -0.39 is 0 Å². The van der Waals surface area contributed by atoms with Crippen molar-refractivity contribution < 1.29 is 9.13 Å². The molecule has 0 saturated carbocycles. The number of ether oxygens (including phenoxy) is 1. The summed E-state index contributed by atoms with van der Waals surface area (Å²) in [5, 5.41) is 0.819. The third-order valence-electron chi connectivity index (χ3n) is 4.11. The van der Waals surface area contributed by atoms with Crippen molar-refractivity contribution in [2.45, 2.75) is 6.42 Å². The van der Waals surface area contributed by atoms with Gasteiger partial charge in [0.15, 0.2) is 5.82 Å². The Labute approximate surface area is 154 Å². The van der Waals surface area contributed by atoms with E-state index in [0.29, 0.717) is 17.2 Å². The molecule has 130 valence electrons. The second kappa shape index (κ2) is 6.72. The maximum absolute atomic E-state index is 13.5. The normalized spacial score (nSPS) is 11.0. The van der Waals surface area contributed by atoms with Gasteiger partial charge in [-0.25, -0.2) is 14.4 Å². The molecule has 4 nitrogen and oxygen atoms in total. The van der Waals surface area contributed by atoms with Crippen LogP contribution in [0.1, 0.15) is 10.4 Å². The molecule has 0 fully saturated rings. The van der Waals surface area contributed by atoms with Crippen molar-refractivity contribution in [3.05, 3.63) is 70.9 Å². The predicted molar refractivity (Wildman–Crippen MR) is 103 cm³/mol. The number of fused-ring (bicyclic) bond motifs is 1. The Hall–Kier alpha value is -2.99. The molecule has 2 aromatic heterocycles. The van der Waals surface area contributed by atoms with Crippen molar-refractivity contribution >= 4 is 27.4 Å². The van der Waals surface area contributed by atoms with E-state index in [0.717, 1.165) is 32.8 Å². The number of halogens is 1. The van der Waals surface area contributed by atoms with Crippen molar-refractivity contribution in [3.8, 4) is 17.1 Å². The first kappa shape index (κ1) is 16.5. The standard InChI is InChI=1S/C20H16FN3OS/c1-25-17-8-3-2-5-12(17)10-15-11-16-18(22)23-19(24-20(16)26-15)13-6-4-7-14(21)9-13/h2-9,11H,10H2,1H3,(H2,22,23,24). The van der Waals surface area contributed by atoms with Gasteiger partial charge in [0.05, 0.1) is 12.5 Å². The SMILES string of the molecule is COc1ccccc1Cc1cc2c(N)nc(-c3cccc(F)c3)nc2s1. The van der Waals surface area contributed by atoms with Gasteiger partial charge in [-0.15, -0.1) is 11.3 Å². The van der Waals surface area contributed by atoms with Crippen LogP contribution in [0.3, 0.4) is 0 Å². The highest BCUT2D eigenvalue weighted by Gasteiger charge is 2.13. The molecule has 0 bridgehead atoms. The Balaban J connectivity index is 1.74. The monoisotopic (exact) mass is 365 g/mol. The quantitative estimate of drug-likeness (QED) is 0.570. The van der Waals surface area contributed by atoms with Crippen molar-refractivity contribution in [1.29, 1.82) is 0 Å². The lowest BCUT2D eigenvalue weighted by Crippen LogP contribution is -1.96. The summed E-state index contributed by atoms with van der Waals surface area (Å²) in [6.45, 7) is 0. The molecule has 4 aromatic rings. The first-order valence-corrected chi connectivity index (χ1v) is 8.89. The fourth-order valence-corrected chi connectivity index (χ4v) is 3.93. The summed E-state index contributed by atoms with van der Waals surface area (Å²) in [6.07, 6.45) is 0.722. The molecule has 0 aliphatic carbocycles. The summed E-state index contributed by atoms with van der Waals surface area (Å²) in [5.74, 6) is 1.36. The van der Waals surface area contributed by atoms with Crippen molar-refractivity contribution in [2.24, 2.45) is 0 Å². The van der Waals surface area contributed by atoms with Crippen molar-refractivity contribution in [2.75, 3.05) is 12.8 Å². The lowest BCUT2D eigenvalue weighted by Gasteiger charge is -2.06. The summed E-state index contributed by atoms with van der Waals surface area (Å²) in [7, 11) is 1.67. The molecule has 2 heterocycles. The highest BCUT2D eigenvalue weighted by Crippen LogP contribution is 2.32. The maximum atomic E-state index is 13.5. The molecule has 0 atom stereocenters. The molecule has 6 heteroatoms. The molecule has 4 rings (SSSR count). The van der Waals surface area contributed by atoms with E-state index in [1.807, 2.05) is 30.3 Å². The lowest BCUT2D eigenvalue weighted by atomic mass is 10.1. The number of benzene rings is 2. The van der Waals surface area contributed by atoms with E-state index in [4.69, 9.17) is 10.5 Å². The van der Waals surface area contributed by atoms with Gasteiger partial charge in [0, 0.05) is 16.9 Å². The number of aromatic nitrogens is 2. The summed E-state index contributed by atoms with van der Waals surface area (Å²) in [4.78, 5) is 10.8. The van der Waals surface area contributed by atoms with Gasteiger partial charge in [-0.05, 0) is 29.8 Å². The van der Waals surface area contributed by atoms with Gasteiger partial charge in [-0.1, -0.05) is 30.3 Å². The van der Waals surface area contributed by atoms with Crippen molar-refractivity contribution in [3.63, 3.8) is 0 Å². The molecular formula is C20H16FN3OS. The topological polar surface area (TPSA) is 61.0 Å². The number of hydrogen-bond donors (Lipinski definition) is 1. The van der Waals surface area contributed by atoms with Crippen LogP contribution in [-0.4, -0.2) is 17.1 Å². The summed E-state index contributed by atoms with van der Waals surface area (Å²) in [6, 6.07) is 16.1. The van der Waals surface area contributed by atoms with Crippen LogP contribution >= 0.6 is 11.3 Å². The van der Waals surface area contributed by atoms with E-state index in [2.05, 4.69) is 9.97 Å². The fraction of sp³-hybridized carbons (Fsp3) is 0.100. The maximum Gasteiger partial charge on any atom is 0.163 e. The minimum Gasteiger partial charge on any atom is -0.496 e. The molecule has 0 unspecified atom stereocenters. The number of nitrogens with two attached hydrogens (primary N) is 1. The fourth-order valence-electron chi connectivity index (χ4n) is 2.87. The van der Waals surface area contributed by atoms with E-state index in [1.54, 1.807) is 30.6 Å². The average Bonchev–Trinajstić information content (AvgIpc) is 3.05. The van der Waals surface area contributed by atoms with E-state index in [1.165, 1.54) is 12.1 Å². The molecule has 0 saturated heterocycles. The third kappa shape index (κ3) is 3.11. The van der Waals surface area contributed by atoms with Gasteiger partial charge in [0.1, 0.15) is 22.2 Å². The van der Waals surface area contributed by atoms with E-state index in [9.17, 15) is 4.39 Å². The second-order valence-corrected chi connectivity index (χ2v) is 6.98. The minimum absolute atomic E-state index is 0.326. The molecular weight excluding hydrogens is 349 g/mol. The van der Waals surface area contributed by atoms with Gasteiger partial charge < -0.3 is 10.5 Å². The number of nitrogens with zero attached hydrogens (tertiary/aromatic N) is 2. The minimum atomic E-state index is -0.326. The highest BCUT2D eigenvalue weighted by molar-refractivity contribution is 7.18. The van der Waals surface area contributed by atoms with Crippen LogP contribution in [0.15, 0.2) is 54.6 Å². The van der Waals surface area contributed by atoms with Crippen LogP contribution < -0.4 is 10.5 Å². The summed E-state index contributed by atoms with van der Waals surface area (Å²) in [5.41, 5.74) is 7.84. The zero-order valence-corrected chi connectivity index (χ0v) is 14.9. The number of nitrogen functional groups attached to an aromatic ring is 1. The molecule has 26 heavy (non-hydrogen) atoms. The largest absolute Gasteiger partial charge is 0.496 e. The average molecular weight is 365 g/mol. The van der Waals surface area contributed by atoms with E-state index >= 15 is 0 Å². The number of anilines is 1. The van der Waals surface area contributed by atoms with Crippen LogP contribution in [-0.2, 0) is 6.42 Å². The first-order valence-electron chi connectivity index (χ1n) is 8.08. The summed E-state index contributed by atoms with van der Waals surface area (Å²) < 4.78 is 18.9. The van der Waals surface area contributed by atoms with Gasteiger partial charge in [-0.2, -0.15) is 0 Å². The lowest BCUT2D eigenvalue weighted by molar-refractivity contribution is 0.410. The molecule has 0 spiro atoms. The van der Waals surface area contributed by atoms with Crippen LogP contribution in [0.25, 0.3) is 21.6 Å². The number of thiophene rings is 1. The smallest absolute Gasteiger partial charge is 0.163 e. The Morgan fingerprint density at radius 3 is 2.73 bits per heavy atom. The Kier molecular flexibility index (Phi) is 4.26. The molecule has 0 amide bonds. The molecule has 0 radical (unpaired) electrons.